The van der Waals surface area contributed by atoms with Crippen molar-refractivity contribution in [2.24, 2.45) is 0 Å². The summed E-state index contributed by atoms with van der Waals surface area (Å²) in [7, 11) is 0. The number of hydrogen-bond acceptors (Lipinski definition) is 5. The van der Waals surface area contributed by atoms with Gasteiger partial charge < -0.3 is 15.1 Å². The van der Waals surface area contributed by atoms with Gasteiger partial charge in [-0.15, -0.1) is 0 Å². The van der Waals surface area contributed by atoms with Gasteiger partial charge in [0.2, 0.25) is 5.75 Å². The maximum atomic E-state index is 10.9. The summed E-state index contributed by atoms with van der Waals surface area (Å²) in [4.78, 5) is 14.6. The van der Waals surface area contributed by atoms with Crippen LogP contribution in [0.3, 0.4) is 0 Å². The van der Waals surface area contributed by atoms with Gasteiger partial charge >= 0.3 is 0 Å². The minimum Gasteiger partial charge on any atom is -0.504 e. The minimum absolute atomic E-state index is 0.0261. The summed E-state index contributed by atoms with van der Waals surface area (Å²) in [6, 6.07) is 2.37. The molecule has 0 aliphatic rings. The molecule has 0 radical (unpaired) electrons. The van der Waals surface area contributed by atoms with Crippen LogP contribution in [0.4, 0.5) is 0 Å². The molecule has 0 aliphatic heterocycles. The van der Waals surface area contributed by atoms with E-state index in [0.29, 0.717) is 0 Å². The van der Waals surface area contributed by atoms with Crippen LogP contribution in [0.15, 0.2) is 12.1 Å². The summed E-state index contributed by atoms with van der Waals surface area (Å²) in [5, 5.41) is 26.6. The number of phenolic OH excluding ortho intramolecular Hbond substituents is 2. The summed E-state index contributed by atoms with van der Waals surface area (Å²) in [5.41, 5.74) is -0.0261. The van der Waals surface area contributed by atoms with Crippen LogP contribution in [-0.2, 0) is 0 Å². The Balaban J connectivity index is 3.35. The average Bonchev–Trinajstić information content (AvgIpc) is 2.04. The fraction of sp³-hybridized carbons (Fsp3) is 0.125. The maximum absolute atomic E-state index is 10.9. The van der Waals surface area contributed by atoms with Crippen LogP contribution in [0.25, 0.3) is 0 Å². The Morgan fingerprint density at radius 3 is 2.46 bits per heavy atom. The molecule has 0 saturated heterocycles. The second-order valence-corrected chi connectivity index (χ2v) is 2.46. The highest BCUT2D eigenvalue weighted by atomic mass is 17.1. The summed E-state index contributed by atoms with van der Waals surface area (Å²) in [5.74, 6) is -1.93. The molecule has 0 atom stereocenters. The lowest BCUT2D eigenvalue weighted by Gasteiger charge is -2.05. The summed E-state index contributed by atoms with van der Waals surface area (Å²) in [6.07, 6.45) is 0. The molecule has 3 N–H and O–H groups in total. The molecule has 0 saturated carbocycles. The standard InChI is InChI=1S/C8H8O5/c1-4(9)5-2-3-6(10)8(13-12)7(5)11/h2-3,10-12H,1H3. The number of aromatic hydroxyl groups is 2. The molecule has 1 aromatic rings. The van der Waals surface area contributed by atoms with Crippen molar-refractivity contribution >= 4 is 5.78 Å². The molecule has 70 valence electrons. The van der Waals surface area contributed by atoms with Gasteiger partial charge in [0.15, 0.2) is 17.3 Å². The molecule has 0 unspecified atom stereocenters. The Hall–Kier alpha value is -1.75. The number of carbonyl (C=O) groups is 1. The van der Waals surface area contributed by atoms with E-state index in [1.807, 2.05) is 0 Å². The average molecular weight is 184 g/mol. The van der Waals surface area contributed by atoms with E-state index in [-0.39, 0.29) is 5.56 Å². The second kappa shape index (κ2) is 3.32. The normalized spacial score (nSPS) is 9.69. The predicted molar refractivity (Wildman–Crippen MR) is 43.0 cm³/mol. The zero-order valence-electron chi connectivity index (χ0n) is 6.81. The van der Waals surface area contributed by atoms with Crippen LogP contribution in [0.5, 0.6) is 17.2 Å². The van der Waals surface area contributed by atoms with Gasteiger partial charge in [0.05, 0.1) is 5.56 Å². The smallest absolute Gasteiger partial charge is 0.248 e. The zero-order chi connectivity index (χ0) is 10.0. The highest BCUT2D eigenvalue weighted by Crippen LogP contribution is 2.37. The van der Waals surface area contributed by atoms with Gasteiger partial charge in [-0.1, -0.05) is 0 Å². The van der Waals surface area contributed by atoms with Crippen LogP contribution in [-0.4, -0.2) is 21.3 Å². The van der Waals surface area contributed by atoms with E-state index in [9.17, 15) is 9.90 Å². The Bertz CT molecular complexity index is 345. The quantitative estimate of drug-likeness (QED) is 0.364. The van der Waals surface area contributed by atoms with Crippen LogP contribution < -0.4 is 4.89 Å². The number of benzene rings is 1. The van der Waals surface area contributed by atoms with Crippen molar-refractivity contribution in [3.8, 4) is 17.2 Å². The Labute approximate surface area is 73.7 Å². The van der Waals surface area contributed by atoms with Gasteiger partial charge in [-0.25, -0.2) is 5.26 Å². The van der Waals surface area contributed by atoms with Gasteiger partial charge in [-0.05, 0) is 19.1 Å². The molecule has 0 bridgehead atoms. The summed E-state index contributed by atoms with van der Waals surface area (Å²) >= 11 is 0. The first kappa shape index (κ1) is 9.34. The van der Waals surface area contributed by atoms with Crippen molar-refractivity contribution in [3.63, 3.8) is 0 Å². The maximum Gasteiger partial charge on any atom is 0.248 e. The molecule has 0 spiro atoms. The predicted octanol–water partition coefficient (Wildman–Crippen LogP) is 1.15. The highest BCUT2D eigenvalue weighted by Gasteiger charge is 2.16. The van der Waals surface area contributed by atoms with Gasteiger partial charge in [-0.2, -0.15) is 0 Å². The Kier molecular flexibility index (Phi) is 2.39. The molecule has 13 heavy (non-hydrogen) atoms. The van der Waals surface area contributed by atoms with E-state index >= 15 is 0 Å². The van der Waals surface area contributed by atoms with Crippen molar-refractivity contribution in [3.05, 3.63) is 17.7 Å². The molecule has 1 aromatic carbocycles. The molecule has 0 amide bonds. The third-order valence-corrected chi connectivity index (χ3v) is 1.58. The fourth-order valence-electron chi connectivity index (χ4n) is 0.935. The van der Waals surface area contributed by atoms with Crippen molar-refractivity contribution < 1.29 is 25.2 Å². The number of phenols is 2. The Morgan fingerprint density at radius 1 is 1.38 bits per heavy atom. The topological polar surface area (TPSA) is 87.0 Å². The fourth-order valence-corrected chi connectivity index (χ4v) is 0.935. The number of carbonyl (C=O) groups excluding carboxylic acids is 1. The van der Waals surface area contributed by atoms with E-state index in [4.69, 9.17) is 10.4 Å². The van der Waals surface area contributed by atoms with Crippen molar-refractivity contribution in [1.82, 2.24) is 0 Å². The van der Waals surface area contributed by atoms with Crippen LogP contribution in [0.1, 0.15) is 17.3 Å². The van der Waals surface area contributed by atoms with Crippen molar-refractivity contribution in [2.75, 3.05) is 0 Å². The lowest BCUT2D eigenvalue weighted by Crippen LogP contribution is -1.95. The van der Waals surface area contributed by atoms with E-state index < -0.39 is 23.0 Å². The van der Waals surface area contributed by atoms with Crippen LogP contribution in [0, 0.1) is 0 Å². The number of rotatable bonds is 2. The first-order valence-corrected chi connectivity index (χ1v) is 3.45. The van der Waals surface area contributed by atoms with Crippen molar-refractivity contribution in [2.45, 2.75) is 6.92 Å². The molecule has 5 heteroatoms. The third kappa shape index (κ3) is 1.54. The lowest BCUT2D eigenvalue weighted by atomic mass is 10.1. The van der Waals surface area contributed by atoms with E-state index in [1.165, 1.54) is 13.0 Å². The summed E-state index contributed by atoms with van der Waals surface area (Å²) in [6.45, 7) is 1.24. The monoisotopic (exact) mass is 184 g/mol. The number of hydrogen-bond donors (Lipinski definition) is 3. The third-order valence-electron chi connectivity index (χ3n) is 1.58. The molecular formula is C8H8O5. The largest absolute Gasteiger partial charge is 0.504 e. The minimum atomic E-state index is -0.574. The number of ketones is 1. The van der Waals surface area contributed by atoms with Gasteiger partial charge in [0, 0.05) is 0 Å². The summed E-state index contributed by atoms with van der Waals surface area (Å²) < 4.78 is 0. The Morgan fingerprint density at radius 2 is 2.00 bits per heavy atom. The van der Waals surface area contributed by atoms with Gasteiger partial charge in [0.1, 0.15) is 0 Å². The van der Waals surface area contributed by atoms with E-state index in [0.717, 1.165) is 6.07 Å². The van der Waals surface area contributed by atoms with E-state index in [2.05, 4.69) is 4.89 Å². The van der Waals surface area contributed by atoms with Gasteiger partial charge in [-0.3, -0.25) is 4.79 Å². The molecule has 5 nitrogen and oxygen atoms in total. The zero-order valence-corrected chi connectivity index (χ0v) is 6.81. The molecule has 0 aromatic heterocycles. The van der Waals surface area contributed by atoms with Crippen LogP contribution >= 0.6 is 0 Å². The lowest BCUT2D eigenvalue weighted by molar-refractivity contribution is -0.140. The first-order chi connectivity index (χ1) is 6.07. The second-order valence-electron chi connectivity index (χ2n) is 2.46. The van der Waals surface area contributed by atoms with Crippen LogP contribution in [0.2, 0.25) is 0 Å². The molecule has 1 rings (SSSR count). The molecule has 0 heterocycles. The molecule has 0 aliphatic carbocycles. The highest BCUT2D eigenvalue weighted by molar-refractivity contribution is 5.97. The molecular weight excluding hydrogens is 176 g/mol. The molecule has 0 fully saturated rings. The van der Waals surface area contributed by atoms with E-state index in [1.54, 1.807) is 0 Å². The number of Topliss-reactive ketones (excluding diaryl/α,β-unsaturated/α-hetero) is 1. The first-order valence-electron chi connectivity index (χ1n) is 3.45. The SMILES string of the molecule is CC(=O)c1ccc(O)c(OO)c1O. The van der Waals surface area contributed by atoms with Crippen molar-refractivity contribution in [1.29, 1.82) is 0 Å². The van der Waals surface area contributed by atoms with Gasteiger partial charge in [0.25, 0.3) is 0 Å².